The van der Waals surface area contributed by atoms with Gasteiger partial charge in [0.25, 0.3) is 5.89 Å². The predicted molar refractivity (Wildman–Crippen MR) is 93.6 cm³/mol. The van der Waals surface area contributed by atoms with Crippen molar-refractivity contribution in [2.24, 2.45) is 0 Å². The van der Waals surface area contributed by atoms with Crippen LogP contribution in [0.5, 0.6) is 11.5 Å². The standard InChI is InChI=1S/C18H18N2O3S/c1-12-4-7-14(8-5-12)17-19-18(20-23-17)24-11-13-6-9-15(21-2)16(10-13)22-3/h4-10H,11H2,1-3H3. The molecule has 0 amide bonds. The van der Waals surface area contributed by atoms with E-state index in [-0.39, 0.29) is 0 Å². The summed E-state index contributed by atoms with van der Waals surface area (Å²) in [4.78, 5) is 4.43. The molecule has 0 N–H and O–H groups in total. The fourth-order valence-corrected chi connectivity index (χ4v) is 2.91. The summed E-state index contributed by atoms with van der Waals surface area (Å²) in [6, 6.07) is 13.8. The van der Waals surface area contributed by atoms with Crippen LogP contribution in [-0.2, 0) is 5.75 Å². The van der Waals surface area contributed by atoms with Crippen LogP contribution in [0.3, 0.4) is 0 Å². The monoisotopic (exact) mass is 342 g/mol. The van der Waals surface area contributed by atoms with Gasteiger partial charge in [-0.3, -0.25) is 0 Å². The van der Waals surface area contributed by atoms with Gasteiger partial charge < -0.3 is 14.0 Å². The van der Waals surface area contributed by atoms with E-state index in [1.54, 1.807) is 14.2 Å². The quantitative estimate of drug-likeness (QED) is 0.621. The highest BCUT2D eigenvalue weighted by molar-refractivity contribution is 7.98. The third-order valence-electron chi connectivity index (χ3n) is 3.52. The zero-order valence-corrected chi connectivity index (χ0v) is 14.6. The molecular weight excluding hydrogens is 324 g/mol. The summed E-state index contributed by atoms with van der Waals surface area (Å²) < 4.78 is 15.9. The fourth-order valence-electron chi connectivity index (χ4n) is 2.20. The van der Waals surface area contributed by atoms with Gasteiger partial charge in [0.05, 0.1) is 14.2 Å². The zero-order chi connectivity index (χ0) is 16.9. The second kappa shape index (κ2) is 7.40. The zero-order valence-electron chi connectivity index (χ0n) is 13.8. The summed E-state index contributed by atoms with van der Waals surface area (Å²) in [6.45, 7) is 2.04. The van der Waals surface area contributed by atoms with Crippen molar-refractivity contribution in [3.8, 4) is 23.0 Å². The molecule has 0 saturated heterocycles. The lowest BCUT2D eigenvalue weighted by molar-refractivity contribution is 0.354. The first-order valence-electron chi connectivity index (χ1n) is 7.44. The molecule has 24 heavy (non-hydrogen) atoms. The van der Waals surface area contributed by atoms with Gasteiger partial charge in [0.15, 0.2) is 11.5 Å². The Morgan fingerprint density at radius 3 is 2.46 bits per heavy atom. The highest BCUT2D eigenvalue weighted by atomic mass is 32.2. The first kappa shape index (κ1) is 16.4. The summed E-state index contributed by atoms with van der Waals surface area (Å²) in [7, 11) is 3.25. The minimum atomic E-state index is 0.532. The van der Waals surface area contributed by atoms with E-state index in [9.17, 15) is 0 Å². The van der Waals surface area contributed by atoms with E-state index in [1.807, 2.05) is 49.4 Å². The summed E-state index contributed by atoms with van der Waals surface area (Å²) in [6.07, 6.45) is 0. The van der Waals surface area contributed by atoms with E-state index in [1.165, 1.54) is 17.3 Å². The second-order valence-electron chi connectivity index (χ2n) is 5.23. The lowest BCUT2D eigenvalue weighted by Gasteiger charge is -2.08. The average Bonchev–Trinajstić information content (AvgIpc) is 3.09. The summed E-state index contributed by atoms with van der Waals surface area (Å²) in [5, 5.41) is 4.64. The van der Waals surface area contributed by atoms with Crippen LogP contribution < -0.4 is 9.47 Å². The molecule has 0 fully saturated rings. The Hall–Kier alpha value is -2.47. The number of rotatable bonds is 6. The van der Waals surface area contributed by atoms with E-state index in [2.05, 4.69) is 10.1 Å². The van der Waals surface area contributed by atoms with Gasteiger partial charge in [0.2, 0.25) is 5.16 Å². The van der Waals surface area contributed by atoms with Gasteiger partial charge in [-0.15, -0.1) is 0 Å². The molecule has 5 nitrogen and oxygen atoms in total. The fraction of sp³-hybridized carbons (Fsp3) is 0.222. The van der Waals surface area contributed by atoms with E-state index >= 15 is 0 Å². The minimum Gasteiger partial charge on any atom is -0.493 e. The van der Waals surface area contributed by atoms with Crippen molar-refractivity contribution in [1.29, 1.82) is 0 Å². The number of ether oxygens (including phenoxy) is 2. The van der Waals surface area contributed by atoms with Crippen molar-refractivity contribution in [3.05, 3.63) is 53.6 Å². The largest absolute Gasteiger partial charge is 0.493 e. The number of aryl methyl sites for hydroxylation is 1. The maximum Gasteiger partial charge on any atom is 0.258 e. The SMILES string of the molecule is COc1ccc(CSc2noc(-c3ccc(C)cc3)n2)cc1OC. The molecule has 0 aliphatic heterocycles. The second-order valence-corrected chi connectivity index (χ2v) is 6.17. The van der Waals surface area contributed by atoms with Crippen LogP contribution in [0.1, 0.15) is 11.1 Å². The van der Waals surface area contributed by atoms with Crippen LogP contribution in [0.15, 0.2) is 52.1 Å². The normalized spacial score (nSPS) is 10.6. The van der Waals surface area contributed by atoms with Crippen molar-refractivity contribution < 1.29 is 14.0 Å². The Morgan fingerprint density at radius 1 is 1.00 bits per heavy atom. The number of hydrogen-bond donors (Lipinski definition) is 0. The molecule has 1 aromatic heterocycles. The van der Waals surface area contributed by atoms with Gasteiger partial charge >= 0.3 is 0 Å². The lowest BCUT2D eigenvalue weighted by atomic mass is 10.1. The average molecular weight is 342 g/mol. The van der Waals surface area contributed by atoms with Crippen molar-refractivity contribution in [2.75, 3.05) is 14.2 Å². The van der Waals surface area contributed by atoms with Crippen molar-refractivity contribution >= 4 is 11.8 Å². The van der Waals surface area contributed by atoms with E-state index in [4.69, 9.17) is 14.0 Å². The topological polar surface area (TPSA) is 57.4 Å². The van der Waals surface area contributed by atoms with Gasteiger partial charge in [-0.2, -0.15) is 4.98 Å². The molecule has 0 aliphatic carbocycles. The molecule has 0 radical (unpaired) electrons. The number of nitrogens with zero attached hydrogens (tertiary/aromatic N) is 2. The van der Waals surface area contributed by atoms with Gasteiger partial charge in [0, 0.05) is 11.3 Å². The molecule has 1 heterocycles. The summed E-state index contributed by atoms with van der Waals surface area (Å²) >= 11 is 1.51. The molecule has 0 aliphatic rings. The lowest BCUT2D eigenvalue weighted by Crippen LogP contribution is -1.92. The Bertz CT molecular complexity index is 815. The maximum atomic E-state index is 5.33. The first-order chi connectivity index (χ1) is 11.7. The highest BCUT2D eigenvalue weighted by Gasteiger charge is 2.10. The predicted octanol–water partition coefficient (Wildman–Crippen LogP) is 4.35. The number of thioether (sulfide) groups is 1. The molecular formula is C18H18N2O3S. The Morgan fingerprint density at radius 2 is 1.75 bits per heavy atom. The molecule has 3 aromatic rings. The molecule has 6 heteroatoms. The van der Waals surface area contributed by atoms with Crippen LogP contribution in [0.25, 0.3) is 11.5 Å². The smallest absolute Gasteiger partial charge is 0.258 e. The number of hydrogen-bond acceptors (Lipinski definition) is 6. The molecule has 0 atom stereocenters. The first-order valence-corrected chi connectivity index (χ1v) is 8.42. The van der Waals surface area contributed by atoms with Crippen LogP contribution >= 0.6 is 11.8 Å². The van der Waals surface area contributed by atoms with Crippen molar-refractivity contribution in [3.63, 3.8) is 0 Å². The van der Waals surface area contributed by atoms with E-state index in [0.29, 0.717) is 28.3 Å². The van der Waals surface area contributed by atoms with Gasteiger partial charge in [-0.05, 0) is 41.9 Å². The molecule has 124 valence electrons. The van der Waals surface area contributed by atoms with E-state index < -0.39 is 0 Å². The third-order valence-corrected chi connectivity index (χ3v) is 4.42. The Labute approximate surface area is 145 Å². The minimum absolute atomic E-state index is 0.532. The summed E-state index contributed by atoms with van der Waals surface area (Å²) in [5.74, 6) is 2.68. The molecule has 0 unspecified atom stereocenters. The van der Waals surface area contributed by atoms with Gasteiger partial charge in [-0.25, -0.2) is 0 Å². The molecule has 0 spiro atoms. The summed E-state index contributed by atoms with van der Waals surface area (Å²) in [5.41, 5.74) is 3.21. The highest BCUT2D eigenvalue weighted by Crippen LogP contribution is 2.30. The van der Waals surface area contributed by atoms with Crippen molar-refractivity contribution in [1.82, 2.24) is 10.1 Å². The van der Waals surface area contributed by atoms with Crippen LogP contribution in [0.2, 0.25) is 0 Å². The van der Waals surface area contributed by atoms with Crippen LogP contribution in [-0.4, -0.2) is 24.4 Å². The number of methoxy groups -OCH3 is 2. The van der Waals surface area contributed by atoms with Gasteiger partial charge in [-0.1, -0.05) is 35.5 Å². The Kier molecular flexibility index (Phi) is 5.05. The molecule has 0 bridgehead atoms. The van der Waals surface area contributed by atoms with Crippen LogP contribution in [0.4, 0.5) is 0 Å². The van der Waals surface area contributed by atoms with Crippen LogP contribution in [0, 0.1) is 6.92 Å². The van der Waals surface area contributed by atoms with Gasteiger partial charge in [0.1, 0.15) is 0 Å². The number of benzene rings is 2. The molecule has 2 aromatic carbocycles. The number of aromatic nitrogens is 2. The van der Waals surface area contributed by atoms with Crippen molar-refractivity contribution in [2.45, 2.75) is 17.8 Å². The molecule has 3 rings (SSSR count). The Balaban J connectivity index is 1.68. The maximum absolute atomic E-state index is 5.33. The molecule has 0 saturated carbocycles. The third kappa shape index (κ3) is 3.71. The van der Waals surface area contributed by atoms with E-state index in [0.717, 1.165) is 11.1 Å².